The van der Waals surface area contributed by atoms with Gasteiger partial charge >= 0.3 is 101 Å². The molecule has 0 aliphatic rings. The summed E-state index contributed by atoms with van der Waals surface area (Å²) in [4.78, 5) is 405. The molecule has 0 radical (unpaired) electrons. The van der Waals surface area contributed by atoms with Gasteiger partial charge in [0.2, 0.25) is 88.6 Å². The monoisotopic (exact) mass is 1860 g/mol. The lowest BCUT2D eigenvalue weighted by Crippen LogP contribution is -2.62. The first-order valence-electron chi connectivity index (χ1n) is 35.6. The molecule has 0 saturated carbocycles. The topological polar surface area (TPSA) is 1100 Å². The summed E-state index contributed by atoms with van der Waals surface area (Å²) in [6.07, 6.45) is -25.5. The minimum Gasteiger partial charge on any atom is -0.481 e. The molecule has 712 valence electrons. The van der Waals surface area contributed by atoms with Crippen molar-refractivity contribution in [3.8, 4) is 0 Å². The molecule has 0 rings (SSSR count). The molecular weight excluding hydrogens is 1780 g/mol. The summed E-state index contributed by atoms with van der Waals surface area (Å²) in [6.45, 7) is 0. The van der Waals surface area contributed by atoms with Gasteiger partial charge in [-0.05, 0) is 0 Å². The van der Waals surface area contributed by atoms with E-state index in [2.05, 4.69) is 0 Å². The molecule has 65 nitrogen and oxygen atoms in total. The lowest BCUT2D eigenvalue weighted by molar-refractivity contribution is -0.148. The molecule has 0 aromatic carbocycles. The highest BCUT2D eigenvalue weighted by Gasteiger charge is 2.43. The second kappa shape index (κ2) is 53.8. The summed E-state index contributed by atoms with van der Waals surface area (Å²) in [5, 5.41) is 186. The van der Waals surface area contributed by atoms with Crippen LogP contribution in [0, 0.1) is 0 Å². The minimum atomic E-state index is -2.77. The van der Waals surface area contributed by atoms with Crippen LogP contribution >= 0.6 is 0 Å². The fraction of sp³-hybridized carbons (Fsp3) is 0.500. The van der Waals surface area contributed by atoms with Crippen LogP contribution in [0.1, 0.15) is 103 Å². The SMILES string of the molecule is N[C@@H](CC(=O)O)C(=O)N[C@@H](CC(=O)O)C(=O)N[C@@H](CC(=O)O)C(=O)N[C@@H](CC(=O)O)C(=O)N[C@@H](CC(=O)O)C(=O)N[C@@H](CC(=O)O)C(=O)N[C@@H](CC(=O)O)C(=O)N[C@@H](CC(=O)O)C(=O)N[C@@H](CC(=O)O)C(=O)N[C@@H](CC(=O)O)C(=O)N[C@@H](CC(=O)O)C(=O)N[C@@H](CC(=O)O)C(=O)N[C@@H](CC(=O)O)C(=O)N[C@@H](CC(=O)O)C(=O)N[C@@H](CC(=O)O)C(=O)N[C@@H](CC(=O)O)C(=O)O. The van der Waals surface area contributed by atoms with Crippen LogP contribution < -0.4 is 85.5 Å². The number of rotatable bonds is 63. The maximum atomic E-state index is 13.9. The normalized spacial score (nSPS) is 14.4. The van der Waals surface area contributed by atoms with E-state index < -0.39 is 389 Å². The lowest BCUT2D eigenvalue weighted by atomic mass is 10.1. The standard InChI is InChI=1S/C64H82N16O49/c65-17(1-33(81)82)49(113)66-18(2-34(83)84)50(114)67-19(3-35(85)86)51(115)68-20(4-36(87)88)52(116)69-21(5-37(89)90)53(117)70-22(6-38(91)92)54(118)71-23(7-39(93)94)55(119)72-24(8-40(95)96)56(120)73-25(9-41(97)98)57(121)74-26(10-42(99)100)58(122)75-27(11-43(101)102)59(123)76-28(12-44(103)104)60(124)77-29(13-45(105)106)61(125)78-30(14-46(107)108)62(126)79-31(15-47(109)110)63(127)80-32(64(128)129)16-48(111)112/h17-32H,1-16,65H2,(H,66,113)(H,67,114)(H,68,115)(H,69,116)(H,70,117)(H,71,118)(H,72,119)(H,73,120)(H,74,121)(H,75,122)(H,76,123)(H,77,124)(H,78,125)(H,79,126)(H,80,127)(H,81,82)(H,83,84)(H,85,86)(H,87,88)(H,89,90)(H,91,92)(H,93,94)(H,95,96)(H,97,98)(H,99,100)(H,101,102)(H,103,104)(H,105,106)(H,107,108)(H,109,110)(H,111,112)(H,128,129)/t17-,18-,19-,20-,21-,22-,23-,24-,25-,26-,27-,28-,29-,30-,31-,32-/m0/s1. The molecule has 65 heteroatoms. The highest BCUT2D eigenvalue weighted by Crippen LogP contribution is 2.12. The molecular formula is C64H82N16O49. The van der Waals surface area contributed by atoms with Gasteiger partial charge < -0.3 is 172 Å². The molecule has 0 aliphatic heterocycles. The number of carboxylic acids is 17. The second-order valence-corrected chi connectivity index (χ2v) is 26.4. The fourth-order valence-corrected chi connectivity index (χ4v) is 10.1. The molecule has 0 saturated heterocycles. The Hall–Kier alpha value is -17.0. The van der Waals surface area contributed by atoms with Crippen molar-refractivity contribution in [1.82, 2.24) is 79.8 Å². The molecule has 0 aliphatic carbocycles. The highest BCUT2D eigenvalue weighted by molar-refractivity contribution is 6.05. The Bertz CT molecular complexity index is 4320. The number of carbonyl (C=O) groups is 32. The maximum absolute atomic E-state index is 13.9. The Labute approximate surface area is 713 Å². The summed E-state index contributed by atoms with van der Waals surface area (Å²) >= 11 is 0. The van der Waals surface area contributed by atoms with E-state index in [-0.39, 0.29) is 0 Å². The first kappa shape index (κ1) is 112. The van der Waals surface area contributed by atoms with Crippen LogP contribution in [0.4, 0.5) is 0 Å². The number of aliphatic carboxylic acids is 17. The zero-order valence-electron chi connectivity index (χ0n) is 65.3. The average Bonchev–Trinajstić information content (AvgIpc) is 0.837. The van der Waals surface area contributed by atoms with Gasteiger partial charge in [0, 0.05) is 0 Å². The lowest BCUT2D eigenvalue weighted by Gasteiger charge is -2.27. The van der Waals surface area contributed by atoms with E-state index in [1.54, 1.807) is 79.8 Å². The molecule has 0 bridgehead atoms. The van der Waals surface area contributed by atoms with Gasteiger partial charge in [-0.15, -0.1) is 0 Å². The first-order valence-corrected chi connectivity index (χ1v) is 35.6. The third-order valence-corrected chi connectivity index (χ3v) is 15.9. The van der Waals surface area contributed by atoms with Crippen LogP contribution in [0.2, 0.25) is 0 Å². The molecule has 0 spiro atoms. The first-order chi connectivity index (χ1) is 59.5. The van der Waals surface area contributed by atoms with Crippen molar-refractivity contribution in [3.05, 3.63) is 0 Å². The predicted molar refractivity (Wildman–Crippen MR) is 391 cm³/mol. The van der Waals surface area contributed by atoms with Gasteiger partial charge in [-0.25, -0.2) is 4.79 Å². The van der Waals surface area contributed by atoms with Crippen molar-refractivity contribution >= 4 is 190 Å². The van der Waals surface area contributed by atoms with E-state index >= 15 is 0 Å². The van der Waals surface area contributed by atoms with Gasteiger partial charge in [-0.1, -0.05) is 0 Å². The van der Waals surface area contributed by atoms with Crippen LogP contribution in [-0.2, 0) is 153 Å². The van der Waals surface area contributed by atoms with Crippen molar-refractivity contribution in [2.75, 3.05) is 0 Å². The Morgan fingerprint density at radius 1 is 0.132 bits per heavy atom. The highest BCUT2D eigenvalue weighted by atomic mass is 16.4. The summed E-state index contributed by atoms with van der Waals surface area (Å²) in [5.41, 5.74) is 5.42. The summed E-state index contributed by atoms with van der Waals surface area (Å²) < 4.78 is 0. The van der Waals surface area contributed by atoms with Gasteiger partial charge in [0.05, 0.1) is 109 Å². The number of hydrogen-bond donors (Lipinski definition) is 33. The fourth-order valence-electron chi connectivity index (χ4n) is 10.1. The molecule has 0 aromatic rings. The third-order valence-electron chi connectivity index (χ3n) is 15.9. The van der Waals surface area contributed by atoms with Gasteiger partial charge in [0.25, 0.3) is 0 Å². The largest absolute Gasteiger partial charge is 0.481 e. The van der Waals surface area contributed by atoms with Crippen LogP contribution in [-0.4, -0.2) is 374 Å². The van der Waals surface area contributed by atoms with Gasteiger partial charge in [0.15, 0.2) is 0 Å². The summed E-state index contributed by atoms with van der Waals surface area (Å²) in [5.74, 6) is -63.2. The van der Waals surface area contributed by atoms with Crippen molar-refractivity contribution in [3.63, 3.8) is 0 Å². The number of nitrogens with one attached hydrogen (secondary N) is 15. The zero-order chi connectivity index (χ0) is 99.6. The Morgan fingerprint density at radius 3 is 0.295 bits per heavy atom. The molecule has 16 atom stereocenters. The van der Waals surface area contributed by atoms with Crippen LogP contribution in [0.5, 0.6) is 0 Å². The van der Waals surface area contributed by atoms with Gasteiger partial charge in [0.1, 0.15) is 90.6 Å². The predicted octanol–water partition coefficient (Wildman–Crippen LogP) is -16.7. The van der Waals surface area contributed by atoms with Gasteiger partial charge in [-0.2, -0.15) is 0 Å². The van der Waals surface area contributed by atoms with Crippen molar-refractivity contribution in [1.29, 1.82) is 0 Å². The van der Waals surface area contributed by atoms with E-state index in [4.69, 9.17) is 15.9 Å². The molecule has 15 amide bonds. The number of carbonyl (C=O) groups excluding carboxylic acids is 15. The van der Waals surface area contributed by atoms with E-state index in [0.717, 1.165) is 0 Å². The van der Waals surface area contributed by atoms with Crippen LogP contribution in [0.25, 0.3) is 0 Å². The quantitative estimate of drug-likeness (QED) is 0.0269. The van der Waals surface area contributed by atoms with Gasteiger partial charge in [-0.3, -0.25) is 149 Å². The smallest absolute Gasteiger partial charge is 0.326 e. The molecule has 0 fully saturated rings. The number of amides is 15. The Morgan fingerprint density at radius 2 is 0.209 bits per heavy atom. The molecule has 0 unspecified atom stereocenters. The molecule has 0 heterocycles. The maximum Gasteiger partial charge on any atom is 0.326 e. The number of nitrogens with two attached hydrogens (primary N) is 1. The van der Waals surface area contributed by atoms with Crippen molar-refractivity contribution < 1.29 is 240 Å². The zero-order valence-corrected chi connectivity index (χ0v) is 65.3. The average molecular weight is 1860 g/mol. The third kappa shape index (κ3) is 45.1. The number of hydrogen-bond acceptors (Lipinski definition) is 33. The summed E-state index contributed by atoms with van der Waals surface area (Å²) in [7, 11) is 0. The van der Waals surface area contributed by atoms with E-state index in [1.807, 2.05) is 0 Å². The summed E-state index contributed by atoms with van der Waals surface area (Å²) in [6, 6.07) is -41.2. The number of carboxylic acid groups (broad SMARTS) is 17. The van der Waals surface area contributed by atoms with Crippen LogP contribution in [0.3, 0.4) is 0 Å². The van der Waals surface area contributed by atoms with Crippen molar-refractivity contribution in [2.45, 2.75) is 199 Å². The molecule has 129 heavy (non-hydrogen) atoms. The molecule has 0 aromatic heterocycles. The van der Waals surface area contributed by atoms with Crippen LogP contribution in [0.15, 0.2) is 0 Å². The molecule has 34 N–H and O–H groups in total. The minimum absolute atomic E-state index is 1.10. The Kier molecular flexibility index (Phi) is 46.7. The van der Waals surface area contributed by atoms with E-state index in [1.165, 1.54) is 0 Å². The van der Waals surface area contributed by atoms with E-state index in [0.29, 0.717) is 0 Å². The van der Waals surface area contributed by atoms with Crippen molar-refractivity contribution in [2.24, 2.45) is 5.73 Å². The second-order valence-electron chi connectivity index (χ2n) is 26.4. The van der Waals surface area contributed by atoms with E-state index in [9.17, 15) is 230 Å². The Balaban J connectivity index is 7.34.